The van der Waals surface area contributed by atoms with Crippen LogP contribution in [0.25, 0.3) is 22.0 Å². The van der Waals surface area contributed by atoms with Crippen LogP contribution in [0.4, 0.5) is 0 Å². The minimum absolute atomic E-state index is 0.0281. The van der Waals surface area contributed by atoms with Crippen molar-refractivity contribution in [3.63, 3.8) is 0 Å². The van der Waals surface area contributed by atoms with Gasteiger partial charge in [0.1, 0.15) is 5.75 Å². The van der Waals surface area contributed by atoms with Crippen molar-refractivity contribution in [3.05, 3.63) is 77.2 Å². The molecule has 8 heteroatoms. The van der Waals surface area contributed by atoms with Crippen molar-refractivity contribution in [2.45, 2.75) is 38.4 Å². The van der Waals surface area contributed by atoms with Gasteiger partial charge in [-0.3, -0.25) is 14.9 Å². The number of halogens is 1. The van der Waals surface area contributed by atoms with Gasteiger partial charge in [0.15, 0.2) is 0 Å². The third-order valence-corrected chi connectivity index (χ3v) is 6.90. The summed E-state index contributed by atoms with van der Waals surface area (Å²) in [5, 5.41) is 12.1. The van der Waals surface area contributed by atoms with Gasteiger partial charge in [0.05, 0.1) is 18.3 Å². The SMILES string of the molecule is CCOc1cc(C(=O)N(Cc2cncc3cn[nH]c23)C2CC(NC)C2)ccc1-c1cccc(Cl)c1. The number of benzene rings is 2. The van der Waals surface area contributed by atoms with E-state index >= 15 is 0 Å². The number of H-pyrrole nitrogens is 1. The van der Waals surface area contributed by atoms with Crippen LogP contribution in [0, 0.1) is 0 Å². The molecule has 0 aliphatic heterocycles. The van der Waals surface area contributed by atoms with Gasteiger partial charge < -0.3 is 15.0 Å². The van der Waals surface area contributed by atoms with E-state index in [-0.39, 0.29) is 11.9 Å². The van der Waals surface area contributed by atoms with Crippen LogP contribution in [0.3, 0.4) is 0 Å². The second-order valence-corrected chi connectivity index (χ2v) is 9.27. The van der Waals surface area contributed by atoms with E-state index in [1.807, 2.05) is 67.5 Å². The number of rotatable bonds is 8. The number of aromatic amines is 1. The second-order valence-electron chi connectivity index (χ2n) is 8.83. The molecule has 180 valence electrons. The van der Waals surface area contributed by atoms with E-state index in [1.54, 1.807) is 12.4 Å². The Bertz CT molecular complexity index is 1350. The summed E-state index contributed by atoms with van der Waals surface area (Å²) >= 11 is 6.22. The van der Waals surface area contributed by atoms with E-state index in [2.05, 4.69) is 20.5 Å². The molecule has 0 bridgehead atoms. The molecule has 1 amide bonds. The molecule has 0 atom stereocenters. The number of nitrogens with one attached hydrogen (secondary N) is 2. The largest absolute Gasteiger partial charge is 0.493 e. The fraction of sp³-hybridized carbons (Fsp3) is 0.296. The molecule has 0 saturated heterocycles. The maximum Gasteiger partial charge on any atom is 0.254 e. The summed E-state index contributed by atoms with van der Waals surface area (Å²) in [7, 11) is 1.96. The van der Waals surface area contributed by atoms with Crippen LogP contribution >= 0.6 is 11.6 Å². The predicted octanol–water partition coefficient (Wildman–Crippen LogP) is 5.07. The number of carbonyl (C=O) groups is 1. The van der Waals surface area contributed by atoms with E-state index in [4.69, 9.17) is 16.3 Å². The molecule has 7 nitrogen and oxygen atoms in total. The van der Waals surface area contributed by atoms with E-state index < -0.39 is 0 Å². The van der Waals surface area contributed by atoms with Crippen molar-refractivity contribution in [3.8, 4) is 16.9 Å². The van der Waals surface area contributed by atoms with Gasteiger partial charge in [-0.05, 0) is 62.7 Å². The Morgan fingerprint density at radius 2 is 2.06 bits per heavy atom. The summed E-state index contributed by atoms with van der Waals surface area (Å²) in [5.74, 6) is 0.638. The lowest BCUT2D eigenvalue weighted by molar-refractivity contribution is 0.0498. The summed E-state index contributed by atoms with van der Waals surface area (Å²) in [6.45, 7) is 2.88. The molecule has 0 radical (unpaired) electrons. The first-order chi connectivity index (χ1) is 17.1. The summed E-state index contributed by atoms with van der Waals surface area (Å²) < 4.78 is 5.96. The average Bonchev–Trinajstić information content (AvgIpc) is 3.32. The smallest absolute Gasteiger partial charge is 0.254 e. The quantitative estimate of drug-likeness (QED) is 0.361. The Labute approximate surface area is 209 Å². The summed E-state index contributed by atoms with van der Waals surface area (Å²) in [5.41, 5.74) is 4.31. The lowest BCUT2D eigenvalue weighted by atomic mass is 9.85. The third kappa shape index (κ3) is 4.74. The number of hydrogen-bond acceptors (Lipinski definition) is 5. The molecule has 5 rings (SSSR count). The fourth-order valence-corrected chi connectivity index (χ4v) is 4.85. The summed E-state index contributed by atoms with van der Waals surface area (Å²) in [6, 6.07) is 13.9. The zero-order valence-electron chi connectivity index (χ0n) is 19.8. The van der Waals surface area contributed by atoms with Crippen molar-refractivity contribution in [2.24, 2.45) is 0 Å². The molecule has 1 saturated carbocycles. The number of amides is 1. The van der Waals surface area contributed by atoms with Gasteiger partial charge >= 0.3 is 0 Å². The van der Waals surface area contributed by atoms with Gasteiger partial charge in [0.2, 0.25) is 0 Å². The van der Waals surface area contributed by atoms with Crippen LogP contribution in [-0.4, -0.2) is 51.7 Å². The molecular formula is C27H28ClN5O2. The summed E-state index contributed by atoms with van der Waals surface area (Å²) in [6.07, 6.45) is 7.16. The Morgan fingerprint density at radius 3 is 2.83 bits per heavy atom. The van der Waals surface area contributed by atoms with Crippen LogP contribution in [-0.2, 0) is 6.54 Å². The molecule has 0 unspecified atom stereocenters. The van der Waals surface area contributed by atoms with Crippen LogP contribution < -0.4 is 10.1 Å². The minimum atomic E-state index is -0.0281. The summed E-state index contributed by atoms with van der Waals surface area (Å²) in [4.78, 5) is 20.2. The number of hydrogen-bond donors (Lipinski definition) is 2. The van der Waals surface area contributed by atoms with Crippen molar-refractivity contribution in [1.82, 2.24) is 25.4 Å². The van der Waals surface area contributed by atoms with Gasteiger partial charge in [0, 0.05) is 58.1 Å². The fourth-order valence-electron chi connectivity index (χ4n) is 4.66. The molecule has 35 heavy (non-hydrogen) atoms. The number of nitrogens with zero attached hydrogens (tertiary/aromatic N) is 3. The number of carbonyl (C=O) groups excluding carboxylic acids is 1. The van der Waals surface area contributed by atoms with Crippen LogP contribution in [0.1, 0.15) is 35.7 Å². The number of ether oxygens (including phenoxy) is 1. The molecule has 0 spiro atoms. The molecule has 1 aliphatic rings. The zero-order chi connectivity index (χ0) is 24.4. The van der Waals surface area contributed by atoms with E-state index in [0.717, 1.165) is 40.4 Å². The molecule has 1 fully saturated rings. The molecule has 2 aromatic carbocycles. The number of pyridine rings is 1. The van der Waals surface area contributed by atoms with Crippen LogP contribution in [0.5, 0.6) is 5.75 Å². The Hall–Kier alpha value is -3.42. The van der Waals surface area contributed by atoms with Crippen LogP contribution in [0.2, 0.25) is 5.02 Å². The maximum atomic E-state index is 13.9. The van der Waals surface area contributed by atoms with E-state index in [0.29, 0.717) is 35.5 Å². The second kappa shape index (κ2) is 10.1. The van der Waals surface area contributed by atoms with Gasteiger partial charge in [0.25, 0.3) is 5.91 Å². The number of aromatic nitrogens is 3. The highest BCUT2D eigenvalue weighted by Gasteiger charge is 2.36. The van der Waals surface area contributed by atoms with Crippen molar-refractivity contribution < 1.29 is 9.53 Å². The molecule has 2 heterocycles. The van der Waals surface area contributed by atoms with Crippen molar-refractivity contribution in [1.29, 1.82) is 0 Å². The predicted molar refractivity (Wildman–Crippen MR) is 138 cm³/mol. The molecule has 1 aliphatic carbocycles. The third-order valence-electron chi connectivity index (χ3n) is 6.66. The first-order valence-corrected chi connectivity index (χ1v) is 12.2. The lowest BCUT2D eigenvalue weighted by Gasteiger charge is -2.43. The van der Waals surface area contributed by atoms with Gasteiger partial charge in [-0.2, -0.15) is 5.10 Å². The maximum absolute atomic E-state index is 13.9. The molecular weight excluding hydrogens is 462 g/mol. The monoisotopic (exact) mass is 489 g/mol. The molecule has 2 N–H and O–H groups in total. The lowest BCUT2D eigenvalue weighted by Crippen LogP contribution is -2.53. The van der Waals surface area contributed by atoms with Crippen molar-refractivity contribution in [2.75, 3.05) is 13.7 Å². The standard InChI is InChI=1S/C27H28ClN5O2/c1-3-35-25-10-18(7-8-24(25)17-5-4-6-21(28)9-17)27(34)33(23-11-22(12-23)29-2)16-20-14-30-13-19-15-31-32-26(19)20/h4-10,13-15,22-23,29H,3,11-12,16H2,1-2H3,(H,31,32). The topological polar surface area (TPSA) is 83.1 Å². The van der Waals surface area contributed by atoms with Gasteiger partial charge in [-0.1, -0.05) is 23.7 Å². The molecule has 4 aromatic rings. The highest BCUT2D eigenvalue weighted by atomic mass is 35.5. The average molecular weight is 490 g/mol. The zero-order valence-corrected chi connectivity index (χ0v) is 20.5. The Balaban J connectivity index is 1.49. The highest BCUT2D eigenvalue weighted by Crippen LogP contribution is 2.34. The minimum Gasteiger partial charge on any atom is -0.493 e. The van der Waals surface area contributed by atoms with Crippen LogP contribution in [0.15, 0.2) is 61.1 Å². The molecule has 2 aromatic heterocycles. The first-order valence-electron chi connectivity index (χ1n) is 11.8. The van der Waals surface area contributed by atoms with Gasteiger partial charge in [-0.25, -0.2) is 0 Å². The first kappa shape index (κ1) is 23.3. The Kier molecular flexibility index (Phi) is 6.70. The Morgan fingerprint density at radius 1 is 1.20 bits per heavy atom. The van der Waals surface area contributed by atoms with E-state index in [1.165, 1.54) is 0 Å². The van der Waals surface area contributed by atoms with Gasteiger partial charge in [-0.15, -0.1) is 0 Å². The van der Waals surface area contributed by atoms with E-state index in [9.17, 15) is 4.79 Å². The number of fused-ring (bicyclic) bond motifs is 1. The highest BCUT2D eigenvalue weighted by molar-refractivity contribution is 6.30. The van der Waals surface area contributed by atoms with Crippen molar-refractivity contribution >= 4 is 28.4 Å². The normalized spacial score (nSPS) is 17.2.